The van der Waals surface area contributed by atoms with Gasteiger partial charge in [0.1, 0.15) is 5.82 Å². The highest BCUT2D eigenvalue weighted by Crippen LogP contribution is 2.10. The van der Waals surface area contributed by atoms with Gasteiger partial charge in [-0.25, -0.2) is 14.5 Å². The van der Waals surface area contributed by atoms with Crippen molar-refractivity contribution in [2.75, 3.05) is 13.1 Å². The molecule has 0 saturated heterocycles. The molecule has 0 bridgehead atoms. The third kappa shape index (κ3) is 9.84. The van der Waals surface area contributed by atoms with E-state index < -0.39 is 17.0 Å². The predicted molar refractivity (Wildman–Crippen MR) is 109 cm³/mol. The Bertz CT molecular complexity index is 701. The number of hydrazine groups is 1. The van der Waals surface area contributed by atoms with Gasteiger partial charge in [0.25, 0.3) is 5.96 Å². The lowest BCUT2D eigenvalue weighted by Crippen LogP contribution is -2.45. The van der Waals surface area contributed by atoms with Crippen LogP contribution in [-0.4, -0.2) is 36.0 Å². The van der Waals surface area contributed by atoms with Crippen LogP contribution in [0.5, 0.6) is 0 Å². The van der Waals surface area contributed by atoms with Crippen LogP contribution in [0.25, 0.3) is 0 Å². The molecule has 0 heterocycles. The number of hydrogen-bond donors (Lipinski definition) is 5. The summed E-state index contributed by atoms with van der Waals surface area (Å²) in [6, 6.07) is 4.31. The Kier molecular flexibility index (Phi) is 10.6. The first kappa shape index (κ1) is 24.3. The summed E-state index contributed by atoms with van der Waals surface area (Å²) >= 11 is 0. The Hall–Kier alpha value is -2.75. The minimum Gasteiger partial charge on any atom is -0.354 e. The zero-order valence-corrected chi connectivity index (χ0v) is 16.9. The second-order valence-electron chi connectivity index (χ2n) is 6.97. The lowest BCUT2D eigenvalue weighted by molar-refractivity contribution is -0.525. The average Bonchev–Trinajstić information content (AvgIpc) is 2.67. The maximum absolute atomic E-state index is 13.4. The number of benzene rings is 1. The molecule has 0 aliphatic rings. The van der Waals surface area contributed by atoms with Crippen LogP contribution < -0.4 is 21.4 Å². The van der Waals surface area contributed by atoms with Crippen molar-refractivity contribution in [2.24, 2.45) is 5.92 Å². The van der Waals surface area contributed by atoms with E-state index in [1.165, 1.54) is 6.07 Å². The van der Waals surface area contributed by atoms with E-state index in [1.807, 2.05) is 6.92 Å². The minimum absolute atomic E-state index is 0.150. The number of nitrogens with zero attached hydrogens (tertiary/aromatic N) is 1. The van der Waals surface area contributed by atoms with E-state index in [4.69, 9.17) is 5.41 Å². The van der Waals surface area contributed by atoms with Crippen LogP contribution in [0.3, 0.4) is 0 Å². The zero-order valence-electron chi connectivity index (χ0n) is 16.9. The fourth-order valence-corrected chi connectivity index (χ4v) is 2.53. The molecule has 5 N–H and O–H groups in total. The summed E-state index contributed by atoms with van der Waals surface area (Å²) < 4.78 is 13.4. The molecule has 9 nitrogen and oxygen atoms in total. The van der Waals surface area contributed by atoms with Crippen molar-refractivity contribution in [3.8, 4) is 0 Å². The first-order valence-electron chi connectivity index (χ1n) is 9.51. The first-order chi connectivity index (χ1) is 13.7. The van der Waals surface area contributed by atoms with Gasteiger partial charge in [-0.15, -0.1) is 0 Å². The van der Waals surface area contributed by atoms with Gasteiger partial charge in [-0.2, -0.15) is 0 Å². The zero-order chi connectivity index (χ0) is 21.8. The Morgan fingerprint density at radius 3 is 2.72 bits per heavy atom. The molecule has 10 heteroatoms. The fourth-order valence-electron chi connectivity index (χ4n) is 2.53. The maximum atomic E-state index is 13.4. The molecule has 1 aromatic carbocycles. The summed E-state index contributed by atoms with van der Waals surface area (Å²) in [6.45, 7) is 8.72. The average molecular weight is 409 g/mol. The highest BCUT2D eigenvalue weighted by Gasteiger charge is 2.18. The molecule has 1 aromatic rings. The van der Waals surface area contributed by atoms with Gasteiger partial charge in [0.2, 0.25) is 5.91 Å². The number of carbonyl (C=O) groups excluding carboxylic acids is 1. The molecular weight excluding hydrogens is 379 g/mol. The monoisotopic (exact) mass is 409 g/mol. The number of nitrogens with one attached hydrogen (secondary N) is 5. The predicted octanol–water partition coefficient (Wildman–Crippen LogP) is 1.65. The molecule has 2 atom stereocenters. The molecule has 161 valence electrons. The van der Waals surface area contributed by atoms with Gasteiger partial charge in [0.05, 0.1) is 6.04 Å². The van der Waals surface area contributed by atoms with Crippen LogP contribution in [0.1, 0.15) is 37.3 Å². The van der Waals surface area contributed by atoms with Crippen LogP contribution in [-0.2, 0) is 11.3 Å². The van der Waals surface area contributed by atoms with Gasteiger partial charge in [-0.05, 0) is 49.3 Å². The van der Waals surface area contributed by atoms with Crippen LogP contribution in [0, 0.1) is 41.1 Å². The van der Waals surface area contributed by atoms with E-state index in [1.54, 1.807) is 24.5 Å². The molecule has 0 spiro atoms. The molecular formula is C19H30FN6O3. The van der Waals surface area contributed by atoms with Crippen molar-refractivity contribution >= 4 is 11.9 Å². The normalized spacial score (nSPS) is 12.7. The second-order valence-corrected chi connectivity index (χ2v) is 6.97. The molecule has 0 aromatic heterocycles. The van der Waals surface area contributed by atoms with Crippen molar-refractivity contribution in [2.45, 2.75) is 45.7 Å². The Labute approximate surface area is 170 Å². The molecule has 1 unspecified atom stereocenters. The number of amides is 1. The molecule has 29 heavy (non-hydrogen) atoms. The van der Waals surface area contributed by atoms with E-state index in [0.29, 0.717) is 44.5 Å². The molecule has 0 aliphatic carbocycles. The van der Waals surface area contributed by atoms with Gasteiger partial charge < -0.3 is 16.0 Å². The van der Waals surface area contributed by atoms with Crippen molar-refractivity contribution in [1.82, 2.24) is 21.4 Å². The highest BCUT2D eigenvalue weighted by molar-refractivity contribution is 5.81. The van der Waals surface area contributed by atoms with Gasteiger partial charge in [-0.3, -0.25) is 10.2 Å². The highest BCUT2D eigenvalue weighted by atomic mass is 19.1. The van der Waals surface area contributed by atoms with E-state index in [2.05, 4.69) is 22.9 Å². The van der Waals surface area contributed by atoms with E-state index in [0.717, 1.165) is 5.56 Å². The van der Waals surface area contributed by atoms with Gasteiger partial charge in [0, 0.05) is 19.6 Å². The smallest absolute Gasteiger partial charge is 0.251 e. The standard InChI is InChI=1S/C19H30FN6O3/c1-4-13(2)11-24-18(27)17(6-5-9-22-19(21)25-26(28)29)23-12-15-7-8-16(20)14(3)10-15/h7-8,10,13,17,23H,1,4-6,9,11-12H2,2-3H3,(H,24,27)(H3,21,22,25)/t13?,17-/m0/s1. The first-order valence-corrected chi connectivity index (χ1v) is 9.51. The Morgan fingerprint density at radius 2 is 2.10 bits per heavy atom. The number of hydrogen-bond acceptors (Lipinski definition) is 5. The van der Waals surface area contributed by atoms with Crippen molar-refractivity contribution in [3.63, 3.8) is 0 Å². The van der Waals surface area contributed by atoms with Crippen molar-refractivity contribution in [1.29, 1.82) is 5.41 Å². The molecule has 1 rings (SSSR count). The SMILES string of the molecule is [CH2]CC(C)CNC(=O)[C@H](CCCNC(=N)N[N+](=O)[O-])NCc1ccc(F)c(C)c1. The van der Waals surface area contributed by atoms with E-state index in [9.17, 15) is 19.3 Å². The van der Waals surface area contributed by atoms with Crippen LogP contribution in [0.2, 0.25) is 0 Å². The summed E-state index contributed by atoms with van der Waals surface area (Å²) in [4.78, 5) is 22.8. The molecule has 0 saturated carbocycles. The number of carbonyl (C=O) groups is 1. The summed E-state index contributed by atoms with van der Waals surface area (Å²) in [5.74, 6) is -0.575. The van der Waals surface area contributed by atoms with Crippen LogP contribution >= 0.6 is 0 Å². The third-order valence-corrected chi connectivity index (χ3v) is 4.38. The lowest BCUT2D eigenvalue weighted by Gasteiger charge is -2.20. The van der Waals surface area contributed by atoms with E-state index >= 15 is 0 Å². The number of aryl methyl sites for hydroxylation is 1. The van der Waals surface area contributed by atoms with E-state index in [-0.39, 0.29) is 17.6 Å². The number of rotatable bonds is 12. The maximum Gasteiger partial charge on any atom is 0.251 e. The largest absolute Gasteiger partial charge is 0.354 e. The van der Waals surface area contributed by atoms with Crippen LogP contribution in [0.4, 0.5) is 4.39 Å². The summed E-state index contributed by atoms with van der Waals surface area (Å²) in [7, 11) is 0. The molecule has 1 radical (unpaired) electrons. The van der Waals surface area contributed by atoms with Gasteiger partial charge >= 0.3 is 0 Å². The van der Waals surface area contributed by atoms with Gasteiger partial charge in [-0.1, -0.05) is 31.4 Å². The Balaban J connectivity index is 2.59. The quantitative estimate of drug-likeness (QED) is 0.117. The fraction of sp³-hybridized carbons (Fsp3) is 0.526. The summed E-state index contributed by atoms with van der Waals surface area (Å²) in [6.07, 6.45) is 1.69. The summed E-state index contributed by atoms with van der Waals surface area (Å²) in [5, 5.41) is 25.5. The summed E-state index contributed by atoms with van der Waals surface area (Å²) in [5.41, 5.74) is 3.11. The third-order valence-electron chi connectivity index (χ3n) is 4.38. The molecule has 0 aliphatic heterocycles. The lowest BCUT2D eigenvalue weighted by atomic mass is 10.1. The molecule has 0 fully saturated rings. The minimum atomic E-state index is -0.818. The Morgan fingerprint density at radius 1 is 1.38 bits per heavy atom. The topological polar surface area (TPSA) is 132 Å². The second kappa shape index (κ2) is 12.7. The molecule has 1 amide bonds. The number of nitro groups is 1. The van der Waals surface area contributed by atoms with Crippen LogP contribution in [0.15, 0.2) is 18.2 Å². The number of halogens is 1. The van der Waals surface area contributed by atoms with Gasteiger partial charge in [0.15, 0.2) is 5.03 Å². The van der Waals surface area contributed by atoms with Crippen molar-refractivity contribution in [3.05, 3.63) is 52.2 Å². The van der Waals surface area contributed by atoms with Crippen molar-refractivity contribution < 1.29 is 14.2 Å². The number of guanidine groups is 1.